The third-order valence-electron chi connectivity index (χ3n) is 5.81. The van der Waals surface area contributed by atoms with Crippen molar-refractivity contribution in [2.45, 2.75) is 59.1 Å². The zero-order valence-corrected chi connectivity index (χ0v) is 19.7. The van der Waals surface area contributed by atoms with Crippen LogP contribution in [0.4, 0.5) is 4.79 Å². The first-order valence-electron chi connectivity index (χ1n) is 11.5. The van der Waals surface area contributed by atoms with Crippen LogP contribution in [0, 0.1) is 5.92 Å². The van der Waals surface area contributed by atoms with Crippen LogP contribution >= 0.6 is 0 Å². The number of amides is 2. The quantitative estimate of drug-likeness (QED) is 0.643. The van der Waals surface area contributed by atoms with Crippen LogP contribution in [0.1, 0.15) is 62.0 Å². The van der Waals surface area contributed by atoms with Gasteiger partial charge in [-0.25, -0.2) is 4.79 Å². The van der Waals surface area contributed by atoms with Crippen LogP contribution in [0.25, 0.3) is 0 Å². The second kappa shape index (κ2) is 10.6. The number of ether oxygens (including phenoxy) is 1. The van der Waals surface area contributed by atoms with E-state index >= 15 is 0 Å². The lowest BCUT2D eigenvalue weighted by Crippen LogP contribution is -2.42. The number of benzene rings is 1. The number of likely N-dealkylation sites (tertiary alicyclic amines) is 1. The maximum Gasteiger partial charge on any atom is 0.410 e. The molecule has 1 aliphatic rings. The summed E-state index contributed by atoms with van der Waals surface area (Å²) in [5.74, 6) is 0.504. The second-order valence-corrected chi connectivity index (χ2v) is 9.45. The summed E-state index contributed by atoms with van der Waals surface area (Å²) in [6.07, 6.45) is 5.95. The SMILES string of the molecule is CCN(Cc1ccncc1)C(=O)c1ccccc1CC1CCN(C(=O)OC(C)(C)C)CC1. The molecule has 6 nitrogen and oxygen atoms in total. The van der Waals surface area contributed by atoms with E-state index < -0.39 is 5.60 Å². The van der Waals surface area contributed by atoms with Gasteiger partial charge >= 0.3 is 6.09 Å². The van der Waals surface area contributed by atoms with Crippen molar-refractivity contribution in [3.8, 4) is 0 Å². The second-order valence-electron chi connectivity index (χ2n) is 9.45. The summed E-state index contributed by atoms with van der Waals surface area (Å²) < 4.78 is 5.50. The normalized spacial score (nSPS) is 14.8. The van der Waals surface area contributed by atoms with E-state index in [1.165, 1.54) is 0 Å². The number of hydrogen-bond acceptors (Lipinski definition) is 4. The highest BCUT2D eigenvalue weighted by Crippen LogP contribution is 2.25. The van der Waals surface area contributed by atoms with Gasteiger partial charge in [-0.15, -0.1) is 0 Å². The van der Waals surface area contributed by atoms with Gasteiger partial charge in [0.05, 0.1) is 0 Å². The molecule has 0 unspecified atom stereocenters. The predicted molar refractivity (Wildman–Crippen MR) is 125 cm³/mol. The Bertz CT molecular complexity index is 900. The molecule has 172 valence electrons. The van der Waals surface area contributed by atoms with E-state index in [-0.39, 0.29) is 12.0 Å². The number of hydrogen-bond donors (Lipinski definition) is 0. The number of nitrogens with zero attached hydrogens (tertiary/aromatic N) is 3. The molecule has 0 saturated carbocycles. The lowest BCUT2D eigenvalue weighted by molar-refractivity contribution is 0.0184. The van der Waals surface area contributed by atoms with E-state index in [1.807, 2.05) is 62.9 Å². The first-order chi connectivity index (χ1) is 15.3. The molecule has 0 N–H and O–H groups in total. The molecule has 2 heterocycles. The highest BCUT2D eigenvalue weighted by Gasteiger charge is 2.28. The van der Waals surface area contributed by atoms with Crippen LogP contribution in [0.3, 0.4) is 0 Å². The Morgan fingerprint density at radius 2 is 1.75 bits per heavy atom. The minimum Gasteiger partial charge on any atom is -0.444 e. The lowest BCUT2D eigenvalue weighted by Gasteiger charge is -2.33. The van der Waals surface area contributed by atoms with Crippen LogP contribution in [0.2, 0.25) is 0 Å². The molecule has 6 heteroatoms. The molecule has 0 spiro atoms. The highest BCUT2D eigenvalue weighted by atomic mass is 16.6. The molecule has 1 aliphatic heterocycles. The third-order valence-corrected chi connectivity index (χ3v) is 5.81. The van der Waals surface area contributed by atoms with Crippen molar-refractivity contribution in [3.63, 3.8) is 0 Å². The molecule has 1 aromatic heterocycles. The van der Waals surface area contributed by atoms with Gasteiger partial charge in [-0.2, -0.15) is 0 Å². The fraction of sp³-hybridized carbons (Fsp3) is 0.500. The maximum atomic E-state index is 13.4. The number of rotatable bonds is 6. The molecular weight excluding hydrogens is 402 g/mol. The van der Waals surface area contributed by atoms with Gasteiger partial charge in [0.25, 0.3) is 5.91 Å². The topological polar surface area (TPSA) is 62.7 Å². The van der Waals surface area contributed by atoms with Gasteiger partial charge in [0.1, 0.15) is 5.60 Å². The molecule has 0 radical (unpaired) electrons. The van der Waals surface area contributed by atoms with Crippen molar-refractivity contribution in [1.82, 2.24) is 14.8 Å². The van der Waals surface area contributed by atoms with Crippen molar-refractivity contribution in [1.29, 1.82) is 0 Å². The predicted octanol–water partition coefficient (Wildman–Crippen LogP) is 4.93. The molecule has 1 fully saturated rings. The van der Waals surface area contributed by atoms with E-state index in [0.29, 0.717) is 32.1 Å². The monoisotopic (exact) mass is 437 g/mol. The Labute approximate surface area is 191 Å². The number of pyridine rings is 1. The third kappa shape index (κ3) is 6.55. The first kappa shape index (κ1) is 23.8. The summed E-state index contributed by atoms with van der Waals surface area (Å²) >= 11 is 0. The van der Waals surface area contributed by atoms with Crippen molar-refractivity contribution < 1.29 is 14.3 Å². The van der Waals surface area contributed by atoms with E-state index in [1.54, 1.807) is 17.3 Å². The van der Waals surface area contributed by atoms with Crippen molar-refractivity contribution in [3.05, 3.63) is 65.5 Å². The summed E-state index contributed by atoms with van der Waals surface area (Å²) in [5.41, 5.74) is 2.45. The molecule has 3 rings (SSSR count). The Morgan fingerprint density at radius 3 is 2.38 bits per heavy atom. The minimum absolute atomic E-state index is 0.0612. The molecule has 2 amide bonds. The van der Waals surface area contributed by atoms with E-state index in [0.717, 1.165) is 36.0 Å². The van der Waals surface area contributed by atoms with Gasteiger partial charge < -0.3 is 14.5 Å². The fourth-order valence-electron chi connectivity index (χ4n) is 4.07. The smallest absolute Gasteiger partial charge is 0.410 e. The van der Waals surface area contributed by atoms with Gasteiger partial charge in [-0.3, -0.25) is 9.78 Å². The van der Waals surface area contributed by atoms with Gasteiger partial charge in [0, 0.05) is 44.1 Å². The van der Waals surface area contributed by atoms with Crippen LogP contribution in [-0.4, -0.2) is 52.0 Å². The molecule has 1 saturated heterocycles. The first-order valence-corrected chi connectivity index (χ1v) is 11.5. The zero-order valence-electron chi connectivity index (χ0n) is 19.7. The summed E-state index contributed by atoms with van der Waals surface area (Å²) in [4.78, 5) is 33.4. The van der Waals surface area contributed by atoms with Crippen molar-refractivity contribution in [2.24, 2.45) is 5.92 Å². The summed E-state index contributed by atoms with van der Waals surface area (Å²) in [6, 6.07) is 11.8. The van der Waals surface area contributed by atoms with Crippen molar-refractivity contribution >= 4 is 12.0 Å². The Balaban J connectivity index is 1.63. The summed E-state index contributed by atoms with van der Waals surface area (Å²) in [6.45, 7) is 10.3. The fourth-order valence-corrected chi connectivity index (χ4v) is 4.07. The molecule has 0 aliphatic carbocycles. The average Bonchev–Trinajstić information content (AvgIpc) is 2.77. The average molecular weight is 438 g/mol. The number of carbonyl (C=O) groups is 2. The van der Waals surface area contributed by atoms with Gasteiger partial charge in [-0.05, 0) is 82.2 Å². The Kier molecular flexibility index (Phi) is 7.89. The van der Waals surface area contributed by atoms with Crippen molar-refractivity contribution in [2.75, 3.05) is 19.6 Å². The summed E-state index contributed by atoms with van der Waals surface area (Å²) in [5, 5.41) is 0. The number of piperidine rings is 1. The largest absolute Gasteiger partial charge is 0.444 e. The van der Waals surface area contributed by atoms with Gasteiger partial charge in [-0.1, -0.05) is 18.2 Å². The highest BCUT2D eigenvalue weighted by molar-refractivity contribution is 5.95. The minimum atomic E-state index is -0.478. The Morgan fingerprint density at radius 1 is 1.09 bits per heavy atom. The van der Waals surface area contributed by atoms with E-state index in [4.69, 9.17) is 4.74 Å². The summed E-state index contributed by atoms with van der Waals surface area (Å²) in [7, 11) is 0. The standard InChI is InChI=1S/C26H35N3O3/c1-5-28(19-21-10-14-27-15-11-21)24(30)23-9-7-6-8-22(23)18-20-12-16-29(17-13-20)25(31)32-26(2,3)4/h6-11,14-15,20H,5,12-13,16-19H2,1-4H3. The lowest BCUT2D eigenvalue weighted by atomic mass is 9.88. The molecule has 32 heavy (non-hydrogen) atoms. The van der Waals surface area contributed by atoms with E-state index in [9.17, 15) is 9.59 Å². The zero-order chi connectivity index (χ0) is 23.1. The van der Waals surface area contributed by atoms with E-state index in [2.05, 4.69) is 11.1 Å². The van der Waals surface area contributed by atoms with Gasteiger partial charge in [0.15, 0.2) is 0 Å². The Hall–Kier alpha value is -2.89. The molecule has 2 aromatic rings. The number of aromatic nitrogens is 1. The van der Waals surface area contributed by atoms with Gasteiger partial charge in [0.2, 0.25) is 0 Å². The number of carbonyl (C=O) groups excluding carboxylic acids is 2. The van der Waals surface area contributed by atoms with Crippen LogP contribution in [-0.2, 0) is 17.7 Å². The molecular formula is C26H35N3O3. The maximum absolute atomic E-state index is 13.4. The van der Waals surface area contributed by atoms with Crippen LogP contribution < -0.4 is 0 Å². The molecule has 1 aromatic carbocycles. The van der Waals surface area contributed by atoms with Crippen LogP contribution in [0.15, 0.2) is 48.8 Å². The molecule has 0 atom stereocenters. The van der Waals surface area contributed by atoms with Crippen LogP contribution in [0.5, 0.6) is 0 Å². The molecule has 0 bridgehead atoms.